The average Bonchev–Trinajstić information content (AvgIpc) is 2.88. The summed E-state index contributed by atoms with van der Waals surface area (Å²) in [7, 11) is 0. The van der Waals surface area contributed by atoms with E-state index in [0.29, 0.717) is 22.0 Å². The van der Waals surface area contributed by atoms with Crippen molar-refractivity contribution < 1.29 is 4.79 Å². The number of carbonyl (C=O) groups is 1. The fourth-order valence-corrected chi connectivity index (χ4v) is 2.31. The Morgan fingerprint density at radius 3 is 3.00 bits per heavy atom. The van der Waals surface area contributed by atoms with Crippen molar-refractivity contribution in [2.75, 3.05) is 5.32 Å². The molecule has 0 spiro atoms. The molecule has 3 aromatic rings. The maximum absolute atomic E-state index is 12.1. The van der Waals surface area contributed by atoms with Crippen molar-refractivity contribution in [2.45, 2.75) is 6.42 Å². The standard InChI is InChI=1S/C16H11ClN4O/c17-12-4-5-15-19-14(10-21(15)9-12)7-16(22)20-13-3-1-2-11(6-13)8-18/h1-6,9-10H,7H2,(H,20,22). The topological polar surface area (TPSA) is 70.2 Å². The number of fused-ring (bicyclic) bond motifs is 1. The number of carbonyl (C=O) groups excluding carboxylic acids is 1. The number of pyridine rings is 1. The van der Waals surface area contributed by atoms with Crippen LogP contribution in [-0.2, 0) is 11.2 Å². The molecule has 22 heavy (non-hydrogen) atoms. The monoisotopic (exact) mass is 310 g/mol. The number of hydrogen-bond acceptors (Lipinski definition) is 3. The molecule has 1 amide bonds. The third-order valence-corrected chi connectivity index (χ3v) is 3.31. The number of benzene rings is 1. The summed E-state index contributed by atoms with van der Waals surface area (Å²) < 4.78 is 1.78. The van der Waals surface area contributed by atoms with E-state index in [1.165, 1.54) is 0 Å². The molecule has 0 bridgehead atoms. The lowest BCUT2D eigenvalue weighted by Crippen LogP contribution is -2.14. The molecule has 0 aliphatic carbocycles. The minimum atomic E-state index is -0.190. The molecule has 1 N–H and O–H groups in total. The van der Waals surface area contributed by atoms with Crippen LogP contribution in [0, 0.1) is 11.3 Å². The number of aromatic nitrogens is 2. The quantitative estimate of drug-likeness (QED) is 0.808. The van der Waals surface area contributed by atoms with Crippen LogP contribution >= 0.6 is 11.6 Å². The van der Waals surface area contributed by atoms with Gasteiger partial charge in [0.2, 0.25) is 5.91 Å². The van der Waals surface area contributed by atoms with Gasteiger partial charge in [-0.1, -0.05) is 17.7 Å². The highest BCUT2D eigenvalue weighted by molar-refractivity contribution is 6.30. The van der Waals surface area contributed by atoms with Gasteiger partial charge in [-0.2, -0.15) is 5.26 Å². The van der Waals surface area contributed by atoms with Crippen molar-refractivity contribution in [3.8, 4) is 6.07 Å². The van der Waals surface area contributed by atoms with E-state index in [1.807, 2.05) is 6.07 Å². The summed E-state index contributed by atoms with van der Waals surface area (Å²) >= 11 is 5.92. The molecule has 0 aliphatic heterocycles. The molecule has 0 saturated carbocycles. The summed E-state index contributed by atoms with van der Waals surface area (Å²) in [6.45, 7) is 0. The lowest BCUT2D eigenvalue weighted by Gasteiger charge is -2.03. The highest BCUT2D eigenvalue weighted by atomic mass is 35.5. The van der Waals surface area contributed by atoms with Crippen LogP contribution in [0.25, 0.3) is 5.65 Å². The molecule has 0 fully saturated rings. The maximum atomic E-state index is 12.1. The Morgan fingerprint density at radius 2 is 2.18 bits per heavy atom. The SMILES string of the molecule is N#Cc1cccc(NC(=O)Cc2cn3cc(Cl)ccc3n2)c1. The number of halogens is 1. The predicted molar refractivity (Wildman–Crippen MR) is 83.7 cm³/mol. The van der Waals surface area contributed by atoms with E-state index < -0.39 is 0 Å². The van der Waals surface area contributed by atoms with Crippen LogP contribution in [0.15, 0.2) is 48.8 Å². The molecule has 108 valence electrons. The molecule has 0 unspecified atom stereocenters. The Kier molecular flexibility index (Phi) is 3.77. The number of nitrogens with zero attached hydrogens (tertiary/aromatic N) is 3. The number of amides is 1. The van der Waals surface area contributed by atoms with Crippen LogP contribution in [-0.4, -0.2) is 15.3 Å². The molecule has 0 saturated heterocycles. The van der Waals surface area contributed by atoms with Crippen LogP contribution < -0.4 is 5.32 Å². The van der Waals surface area contributed by atoms with Crippen LogP contribution in [0.1, 0.15) is 11.3 Å². The third kappa shape index (κ3) is 3.08. The average molecular weight is 311 g/mol. The first-order valence-electron chi connectivity index (χ1n) is 6.57. The maximum Gasteiger partial charge on any atom is 0.230 e. The zero-order valence-electron chi connectivity index (χ0n) is 11.5. The van der Waals surface area contributed by atoms with E-state index in [0.717, 1.165) is 5.65 Å². The summed E-state index contributed by atoms with van der Waals surface area (Å²) in [6.07, 6.45) is 3.66. The van der Waals surface area contributed by atoms with E-state index in [2.05, 4.69) is 10.3 Å². The van der Waals surface area contributed by atoms with Crippen molar-refractivity contribution in [1.29, 1.82) is 5.26 Å². The van der Waals surface area contributed by atoms with Gasteiger partial charge in [0.25, 0.3) is 0 Å². The normalized spacial score (nSPS) is 10.4. The summed E-state index contributed by atoms with van der Waals surface area (Å²) in [5.74, 6) is -0.190. The fourth-order valence-electron chi connectivity index (χ4n) is 2.14. The Hall–Kier alpha value is -2.84. The fraction of sp³-hybridized carbons (Fsp3) is 0.0625. The van der Waals surface area contributed by atoms with Gasteiger partial charge in [0.1, 0.15) is 5.65 Å². The molecule has 2 aromatic heterocycles. The second-order valence-electron chi connectivity index (χ2n) is 4.76. The number of nitriles is 1. The van der Waals surface area contributed by atoms with Gasteiger partial charge in [0.15, 0.2) is 0 Å². The van der Waals surface area contributed by atoms with E-state index in [1.54, 1.807) is 53.2 Å². The van der Waals surface area contributed by atoms with Crippen LogP contribution in [0.3, 0.4) is 0 Å². The molecule has 0 aliphatic rings. The van der Waals surface area contributed by atoms with Gasteiger partial charge in [0.05, 0.1) is 28.8 Å². The summed E-state index contributed by atoms with van der Waals surface area (Å²) in [5.41, 5.74) is 2.48. The number of imidazole rings is 1. The first kappa shape index (κ1) is 14.1. The summed E-state index contributed by atoms with van der Waals surface area (Å²) in [4.78, 5) is 16.4. The molecule has 6 heteroatoms. The predicted octanol–water partition coefficient (Wildman–Crippen LogP) is 3.04. The molecule has 5 nitrogen and oxygen atoms in total. The van der Waals surface area contributed by atoms with Gasteiger partial charge in [-0.3, -0.25) is 4.79 Å². The van der Waals surface area contributed by atoms with Gasteiger partial charge in [-0.15, -0.1) is 0 Å². The minimum absolute atomic E-state index is 0.149. The number of anilines is 1. The lowest BCUT2D eigenvalue weighted by molar-refractivity contribution is -0.115. The zero-order valence-corrected chi connectivity index (χ0v) is 12.2. The molecule has 0 atom stereocenters. The number of hydrogen-bond donors (Lipinski definition) is 1. The van der Waals surface area contributed by atoms with Gasteiger partial charge in [-0.25, -0.2) is 4.98 Å². The van der Waals surface area contributed by atoms with Crippen LogP contribution in [0.4, 0.5) is 5.69 Å². The van der Waals surface area contributed by atoms with E-state index in [-0.39, 0.29) is 12.3 Å². The van der Waals surface area contributed by atoms with Crippen LogP contribution in [0.2, 0.25) is 5.02 Å². The van der Waals surface area contributed by atoms with Crippen molar-refractivity contribution in [3.05, 3.63) is 65.1 Å². The van der Waals surface area contributed by atoms with Gasteiger partial charge in [-0.05, 0) is 30.3 Å². The second kappa shape index (κ2) is 5.88. The summed E-state index contributed by atoms with van der Waals surface area (Å²) in [5, 5.41) is 12.2. The van der Waals surface area contributed by atoms with Crippen molar-refractivity contribution in [1.82, 2.24) is 9.38 Å². The first-order chi connectivity index (χ1) is 10.6. The van der Waals surface area contributed by atoms with E-state index in [9.17, 15) is 4.79 Å². The molecule has 0 radical (unpaired) electrons. The highest BCUT2D eigenvalue weighted by Crippen LogP contribution is 2.13. The van der Waals surface area contributed by atoms with Gasteiger partial charge >= 0.3 is 0 Å². The summed E-state index contributed by atoms with van der Waals surface area (Å²) in [6, 6.07) is 12.3. The molecular formula is C16H11ClN4O. The Balaban J connectivity index is 1.74. The first-order valence-corrected chi connectivity index (χ1v) is 6.95. The van der Waals surface area contributed by atoms with Crippen molar-refractivity contribution in [3.63, 3.8) is 0 Å². The van der Waals surface area contributed by atoms with Crippen molar-refractivity contribution >= 4 is 28.8 Å². The smallest absolute Gasteiger partial charge is 0.230 e. The largest absolute Gasteiger partial charge is 0.326 e. The third-order valence-electron chi connectivity index (χ3n) is 3.08. The van der Waals surface area contributed by atoms with Gasteiger partial charge < -0.3 is 9.72 Å². The van der Waals surface area contributed by atoms with E-state index in [4.69, 9.17) is 16.9 Å². The Labute approximate surface area is 131 Å². The highest BCUT2D eigenvalue weighted by Gasteiger charge is 2.08. The van der Waals surface area contributed by atoms with E-state index >= 15 is 0 Å². The molecule has 1 aromatic carbocycles. The Morgan fingerprint density at radius 1 is 1.32 bits per heavy atom. The van der Waals surface area contributed by atoms with Crippen molar-refractivity contribution in [2.24, 2.45) is 0 Å². The van der Waals surface area contributed by atoms with Crippen LogP contribution in [0.5, 0.6) is 0 Å². The number of rotatable bonds is 3. The zero-order chi connectivity index (χ0) is 15.5. The minimum Gasteiger partial charge on any atom is -0.326 e. The number of nitrogens with one attached hydrogen (secondary N) is 1. The van der Waals surface area contributed by atoms with Gasteiger partial charge in [0, 0.05) is 18.1 Å². The molecule has 2 heterocycles. The Bertz CT molecular complexity index is 895. The second-order valence-corrected chi connectivity index (χ2v) is 5.20. The lowest BCUT2D eigenvalue weighted by atomic mass is 10.2. The molecular weight excluding hydrogens is 300 g/mol. The molecule has 3 rings (SSSR count).